The van der Waals surface area contributed by atoms with Crippen molar-refractivity contribution in [1.82, 2.24) is 0 Å². The summed E-state index contributed by atoms with van der Waals surface area (Å²) in [4.78, 5) is 11.4. The van der Waals surface area contributed by atoms with Gasteiger partial charge in [0.2, 0.25) is 0 Å². The smallest absolute Gasteiger partial charge is 0.318 e. The van der Waals surface area contributed by atoms with Crippen LogP contribution in [0.5, 0.6) is 0 Å². The van der Waals surface area contributed by atoms with Crippen LogP contribution in [0.2, 0.25) is 19.6 Å². The molecule has 0 fully saturated rings. The Balaban J connectivity index is 2.33. The first-order valence-corrected chi connectivity index (χ1v) is 9.17. The van der Waals surface area contributed by atoms with Gasteiger partial charge in [0.05, 0.1) is 0 Å². The Morgan fingerprint density at radius 2 is 1.88 bits per heavy atom. The fourth-order valence-corrected chi connectivity index (χ4v) is 1.79. The predicted molar refractivity (Wildman–Crippen MR) is 72.0 cm³/mol. The monoisotopic (exact) mass is 246 g/mol. The van der Waals surface area contributed by atoms with E-state index in [-0.39, 0.29) is 12.4 Å². The highest BCUT2D eigenvalue weighted by Crippen LogP contribution is 2.02. The molecule has 0 aromatic heterocycles. The van der Waals surface area contributed by atoms with Gasteiger partial charge in [0.25, 0.3) is 0 Å². The van der Waals surface area contributed by atoms with Crippen molar-refractivity contribution in [2.75, 3.05) is 0 Å². The first-order valence-electron chi connectivity index (χ1n) is 5.67. The van der Waals surface area contributed by atoms with Gasteiger partial charge in [0.1, 0.15) is 21.1 Å². The zero-order chi connectivity index (χ0) is 12.7. The third-order valence-corrected chi connectivity index (χ3v) is 2.87. The normalized spacial score (nSPS) is 10.3. The van der Waals surface area contributed by atoms with E-state index in [9.17, 15) is 4.79 Å². The summed E-state index contributed by atoms with van der Waals surface area (Å²) in [7, 11) is -1.38. The molecule has 0 unspecified atom stereocenters. The molecule has 0 heterocycles. The Morgan fingerprint density at radius 3 is 2.47 bits per heavy atom. The van der Waals surface area contributed by atoms with Gasteiger partial charge in [0, 0.05) is 0 Å². The van der Waals surface area contributed by atoms with E-state index in [1.807, 2.05) is 30.3 Å². The van der Waals surface area contributed by atoms with E-state index in [1.165, 1.54) is 0 Å². The molecular weight excluding hydrogens is 228 g/mol. The largest absolute Gasteiger partial charge is 0.460 e. The van der Waals surface area contributed by atoms with E-state index < -0.39 is 8.07 Å². The zero-order valence-corrected chi connectivity index (χ0v) is 11.6. The number of ether oxygens (including phenoxy) is 1. The molecule has 2 nitrogen and oxygen atoms in total. The van der Waals surface area contributed by atoms with Crippen molar-refractivity contribution in [2.24, 2.45) is 0 Å². The lowest BCUT2D eigenvalue weighted by molar-refractivity contribution is -0.143. The molecule has 0 aliphatic rings. The molecule has 0 amide bonds. The number of hydrogen-bond donors (Lipinski definition) is 0. The van der Waals surface area contributed by atoms with Crippen LogP contribution >= 0.6 is 0 Å². The molecule has 0 atom stereocenters. The topological polar surface area (TPSA) is 26.3 Å². The summed E-state index contributed by atoms with van der Waals surface area (Å²) >= 11 is 0. The van der Waals surface area contributed by atoms with Crippen LogP contribution in [0, 0.1) is 11.5 Å². The molecule has 0 saturated carbocycles. The van der Waals surface area contributed by atoms with E-state index in [0.717, 1.165) is 5.56 Å². The molecule has 0 N–H and O–H groups in total. The average molecular weight is 246 g/mol. The third-order valence-electron chi connectivity index (χ3n) is 1.94. The molecule has 1 aromatic carbocycles. The minimum atomic E-state index is -1.38. The highest BCUT2D eigenvalue weighted by molar-refractivity contribution is 6.83. The standard InChI is InChI=1S/C14H18O2Si/c1-17(2,3)11-7-10-14(15)16-12-13-8-5-4-6-9-13/h4-6,8-9H,10,12H2,1-3H3. The Bertz CT molecular complexity index is 421. The number of rotatable bonds is 3. The second-order valence-corrected chi connectivity index (χ2v) is 9.62. The van der Waals surface area contributed by atoms with Crippen LogP contribution in [0.25, 0.3) is 0 Å². The summed E-state index contributed by atoms with van der Waals surface area (Å²) in [5.74, 6) is 2.65. The number of benzene rings is 1. The number of carbonyl (C=O) groups is 1. The van der Waals surface area contributed by atoms with Crippen molar-refractivity contribution in [3.05, 3.63) is 35.9 Å². The SMILES string of the molecule is C[Si](C)(C)C#CCC(=O)OCc1ccccc1. The van der Waals surface area contributed by atoms with E-state index in [2.05, 4.69) is 31.1 Å². The number of carbonyl (C=O) groups excluding carboxylic acids is 1. The Hall–Kier alpha value is -1.53. The van der Waals surface area contributed by atoms with Crippen molar-refractivity contribution < 1.29 is 9.53 Å². The quantitative estimate of drug-likeness (QED) is 0.465. The Morgan fingerprint density at radius 1 is 1.24 bits per heavy atom. The summed E-state index contributed by atoms with van der Waals surface area (Å²) in [5.41, 5.74) is 4.14. The molecular formula is C14H18O2Si. The van der Waals surface area contributed by atoms with E-state index >= 15 is 0 Å². The first-order chi connectivity index (χ1) is 7.97. The molecule has 0 radical (unpaired) electrons. The fraction of sp³-hybridized carbons (Fsp3) is 0.357. The van der Waals surface area contributed by atoms with Crippen molar-refractivity contribution in [1.29, 1.82) is 0 Å². The molecule has 3 heteroatoms. The zero-order valence-electron chi connectivity index (χ0n) is 10.6. The maximum atomic E-state index is 11.4. The minimum Gasteiger partial charge on any atom is -0.460 e. The molecule has 0 aliphatic carbocycles. The maximum Gasteiger partial charge on any atom is 0.318 e. The second kappa shape index (κ2) is 6.26. The van der Waals surface area contributed by atoms with Crippen LogP contribution in [0.15, 0.2) is 30.3 Å². The molecule has 0 saturated heterocycles. The summed E-state index contributed by atoms with van der Waals surface area (Å²) in [6, 6.07) is 9.65. The number of esters is 1. The van der Waals surface area contributed by atoms with Gasteiger partial charge in [-0.05, 0) is 5.56 Å². The van der Waals surface area contributed by atoms with E-state index in [1.54, 1.807) is 0 Å². The van der Waals surface area contributed by atoms with Crippen molar-refractivity contribution >= 4 is 14.0 Å². The predicted octanol–water partition coefficient (Wildman–Crippen LogP) is 3.00. The molecule has 1 aromatic rings. The lowest BCUT2D eigenvalue weighted by atomic mass is 10.2. The summed E-state index contributed by atoms with van der Waals surface area (Å²) in [6.07, 6.45) is 0.192. The lowest BCUT2D eigenvalue weighted by Gasteiger charge is -2.04. The molecule has 1 rings (SSSR count). The van der Waals surface area contributed by atoms with Crippen LogP contribution in [0.1, 0.15) is 12.0 Å². The van der Waals surface area contributed by atoms with Crippen LogP contribution in [0.4, 0.5) is 0 Å². The fourth-order valence-electron chi connectivity index (χ4n) is 1.17. The van der Waals surface area contributed by atoms with E-state index in [0.29, 0.717) is 6.61 Å². The van der Waals surface area contributed by atoms with Gasteiger partial charge in [-0.1, -0.05) is 55.9 Å². The Kier molecular flexibility index (Phi) is 4.99. The van der Waals surface area contributed by atoms with Crippen molar-refractivity contribution in [3.8, 4) is 11.5 Å². The highest BCUT2D eigenvalue weighted by atomic mass is 28.3. The average Bonchev–Trinajstić information content (AvgIpc) is 2.26. The lowest BCUT2D eigenvalue weighted by Crippen LogP contribution is -2.16. The van der Waals surface area contributed by atoms with E-state index in [4.69, 9.17) is 4.74 Å². The maximum absolute atomic E-state index is 11.4. The third kappa shape index (κ3) is 6.59. The van der Waals surface area contributed by atoms with Crippen molar-refractivity contribution in [2.45, 2.75) is 32.7 Å². The molecule has 17 heavy (non-hydrogen) atoms. The summed E-state index contributed by atoms with van der Waals surface area (Å²) in [6.45, 7) is 6.77. The van der Waals surface area contributed by atoms with Crippen LogP contribution in [-0.4, -0.2) is 14.0 Å². The number of hydrogen-bond acceptors (Lipinski definition) is 2. The van der Waals surface area contributed by atoms with Crippen molar-refractivity contribution in [3.63, 3.8) is 0 Å². The van der Waals surface area contributed by atoms with Gasteiger partial charge in [-0.2, -0.15) is 0 Å². The van der Waals surface area contributed by atoms with Crippen LogP contribution < -0.4 is 0 Å². The second-order valence-electron chi connectivity index (χ2n) is 4.87. The molecule has 90 valence electrons. The van der Waals surface area contributed by atoms with Gasteiger partial charge in [-0.15, -0.1) is 5.54 Å². The van der Waals surface area contributed by atoms with Crippen LogP contribution in [-0.2, 0) is 16.1 Å². The summed E-state index contributed by atoms with van der Waals surface area (Å²) in [5, 5.41) is 0. The first kappa shape index (κ1) is 13.5. The van der Waals surface area contributed by atoms with Crippen LogP contribution in [0.3, 0.4) is 0 Å². The molecule has 0 aliphatic heterocycles. The van der Waals surface area contributed by atoms with Gasteiger partial charge in [-0.3, -0.25) is 4.79 Å². The van der Waals surface area contributed by atoms with Gasteiger partial charge in [0.15, 0.2) is 0 Å². The molecule has 0 bridgehead atoms. The van der Waals surface area contributed by atoms with Gasteiger partial charge in [-0.25, -0.2) is 0 Å². The summed E-state index contributed by atoms with van der Waals surface area (Å²) < 4.78 is 5.12. The minimum absolute atomic E-state index is 0.192. The Labute approximate surface area is 104 Å². The highest BCUT2D eigenvalue weighted by Gasteiger charge is 2.08. The van der Waals surface area contributed by atoms with Gasteiger partial charge < -0.3 is 4.74 Å². The molecule has 0 spiro atoms. The van der Waals surface area contributed by atoms with Gasteiger partial charge >= 0.3 is 5.97 Å².